The van der Waals surface area contributed by atoms with E-state index in [-0.39, 0.29) is 30.6 Å². The Morgan fingerprint density at radius 1 is 0.780 bits per heavy atom. The molecule has 9 fully saturated rings. The molecule has 0 radical (unpaired) electrons. The molecule has 9 nitrogen and oxygen atoms in total. The fraction of sp³-hybridized carbons (Fsp3) is 0.902. The van der Waals surface area contributed by atoms with Crippen LogP contribution in [-0.2, 0) is 38.1 Å². The maximum atomic E-state index is 14.3. The van der Waals surface area contributed by atoms with E-state index in [9.17, 15) is 24.3 Å². The van der Waals surface area contributed by atoms with Crippen LogP contribution < -0.4 is 0 Å². The Labute approximate surface area is 298 Å². The van der Waals surface area contributed by atoms with E-state index in [1.165, 1.54) is 19.3 Å². The van der Waals surface area contributed by atoms with E-state index in [0.717, 1.165) is 69.1 Å². The second-order valence-electron chi connectivity index (χ2n) is 20.1. The molecule has 9 rings (SSSR count). The first-order chi connectivity index (χ1) is 23.2. The minimum absolute atomic E-state index is 0.00285. The summed E-state index contributed by atoms with van der Waals surface area (Å²) in [5.41, 5.74) is -4.28. The van der Waals surface area contributed by atoms with Crippen LogP contribution in [0.25, 0.3) is 0 Å². The Bertz CT molecular complexity index is 1350. The summed E-state index contributed by atoms with van der Waals surface area (Å²) < 4.78 is 24.3. The Hall–Kier alpha value is -2.16. The van der Waals surface area contributed by atoms with E-state index < -0.39 is 63.7 Å². The molecule has 0 amide bonds. The molecule has 8 aliphatic carbocycles. The zero-order valence-corrected chi connectivity index (χ0v) is 31.6. The van der Waals surface area contributed by atoms with Gasteiger partial charge >= 0.3 is 23.9 Å². The molecule has 1 N–H and O–H groups in total. The number of carbonyl (C=O) groups is 4. The molecule has 9 aliphatic rings. The van der Waals surface area contributed by atoms with Gasteiger partial charge in [-0.05, 0) is 154 Å². The molecule has 1 aliphatic heterocycles. The van der Waals surface area contributed by atoms with Crippen molar-refractivity contribution < 1.29 is 43.2 Å². The van der Waals surface area contributed by atoms with Crippen molar-refractivity contribution in [1.29, 1.82) is 0 Å². The third-order valence-corrected chi connectivity index (χ3v) is 14.6. The highest BCUT2D eigenvalue weighted by Gasteiger charge is 2.61. The van der Waals surface area contributed by atoms with Crippen LogP contribution in [0.4, 0.5) is 0 Å². The summed E-state index contributed by atoms with van der Waals surface area (Å²) >= 11 is 0. The van der Waals surface area contributed by atoms with Gasteiger partial charge in [-0.25, -0.2) is 4.79 Å². The fourth-order valence-corrected chi connectivity index (χ4v) is 13.1. The molecule has 6 unspecified atom stereocenters. The van der Waals surface area contributed by atoms with Crippen LogP contribution in [0.1, 0.15) is 151 Å². The van der Waals surface area contributed by atoms with Gasteiger partial charge in [-0.1, -0.05) is 13.8 Å². The molecule has 8 saturated carbocycles. The average molecular weight is 699 g/mol. The zero-order chi connectivity index (χ0) is 36.1. The Morgan fingerprint density at radius 2 is 1.34 bits per heavy atom. The van der Waals surface area contributed by atoms with Gasteiger partial charge < -0.3 is 24.1 Å². The van der Waals surface area contributed by atoms with Crippen molar-refractivity contribution in [2.24, 2.45) is 52.8 Å². The van der Waals surface area contributed by atoms with E-state index in [1.807, 2.05) is 6.92 Å². The summed E-state index contributed by atoms with van der Waals surface area (Å²) in [6, 6.07) is 0. The highest BCUT2D eigenvalue weighted by Crippen LogP contribution is 2.64. The maximum Gasteiger partial charge on any atom is 0.351 e. The summed E-state index contributed by atoms with van der Waals surface area (Å²) in [5, 5.41) is 11.4. The number of rotatable bonds is 12. The van der Waals surface area contributed by atoms with E-state index >= 15 is 0 Å². The topological polar surface area (TPSA) is 125 Å². The summed E-state index contributed by atoms with van der Waals surface area (Å²) in [4.78, 5) is 54.7. The molecule has 0 spiro atoms. The largest absolute Gasteiger partial charge is 0.459 e. The van der Waals surface area contributed by atoms with E-state index in [2.05, 4.69) is 13.8 Å². The van der Waals surface area contributed by atoms with Crippen molar-refractivity contribution in [3.05, 3.63) is 0 Å². The second-order valence-corrected chi connectivity index (χ2v) is 20.1. The van der Waals surface area contributed by atoms with Crippen molar-refractivity contribution in [2.75, 3.05) is 0 Å². The molecule has 0 aromatic heterocycles. The van der Waals surface area contributed by atoms with Gasteiger partial charge in [0, 0.05) is 18.3 Å². The van der Waals surface area contributed by atoms with Crippen LogP contribution >= 0.6 is 0 Å². The van der Waals surface area contributed by atoms with Gasteiger partial charge in [0.1, 0.15) is 16.8 Å². The molecule has 9 heteroatoms. The number of ether oxygens (including phenoxy) is 4. The van der Waals surface area contributed by atoms with E-state index in [0.29, 0.717) is 24.7 Å². The average Bonchev–Trinajstić information content (AvgIpc) is 3.17. The molecule has 6 atom stereocenters. The van der Waals surface area contributed by atoms with Crippen LogP contribution in [-0.4, -0.2) is 57.0 Å². The van der Waals surface area contributed by atoms with Crippen LogP contribution in [0.5, 0.6) is 0 Å². The summed E-state index contributed by atoms with van der Waals surface area (Å²) in [6.07, 6.45) is 12.8. The number of hydrogen-bond donors (Lipinski definition) is 1. The molecular weight excluding hydrogens is 636 g/mol. The second kappa shape index (κ2) is 12.2. The van der Waals surface area contributed by atoms with Crippen molar-refractivity contribution in [3.63, 3.8) is 0 Å². The molecule has 1 saturated heterocycles. The SMILES string of the molecule is CCC(CC(CC(C)C(=O)OC1(C)CC(C)(C)OC1=O)C(=O)OC12CC3CC(CC(O)(C3)C1)C2)C(=O)OC(C)(C)C12CC3CC(CC(C3)C1)C2. The van der Waals surface area contributed by atoms with Crippen LogP contribution in [0.3, 0.4) is 0 Å². The lowest BCUT2D eigenvalue weighted by Gasteiger charge is -2.61. The van der Waals surface area contributed by atoms with Crippen molar-refractivity contribution in [1.82, 2.24) is 0 Å². The standard InChI is InChI=1S/C41H62O9/c1-8-30(33(43)47-37(5,6)39-15-25-10-26(16-39)12-27(11-25)17-39)14-31(9-24(2)32(42)48-38(7)22-36(3,4)50-35(38)45)34(44)49-41-20-28-13-29(21-41)19-40(46,18-28)23-41/h24-31,46H,8-23H2,1-7H3. The number of esters is 4. The Morgan fingerprint density at radius 3 is 1.84 bits per heavy atom. The molecule has 0 aromatic rings. The highest BCUT2D eigenvalue weighted by molar-refractivity contribution is 5.86. The summed E-state index contributed by atoms with van der Waals surface area (Å²) in [7, 11) is 0. The molecule has 280 valence electrons. The maximum absolute atomic E-state index is 14.3. The van der Waals surface area contributed by atoms with Crippen molar-refractivity contribution >= 4 is 23.9 Å². The minimum atomic E-state index is -1.40. The number of carbonyl (C=O) groups excluding carboxylic acids is 4. The van der Waals surface area contributed by atoms with E-state index in [1.54, 1.807) is 27.7 Å². The quantitative estimate of drug-likeness (QED) is 0.166. The van der Waals surface area contributed by atoms with Gasteiger partial charge in [0.15, 0.2) is 0 Å². The number of hydrogen-bond acceptors (Lipinski definition) is 9. The van der Waals surface area contributed by atoms with E-state index in [4.69, 9.17) is 18.9 Å². The monoisotopic (exact) mass is 698 g/mol. The van der Waals surface area contributed by atoms with Gasteiger partial charge in [-0.15, -0.1) is 0 Å². The lowest BCUT2D eigenvalue weighted by atomic mass is 9.46. The van der Waals surface area contributed by atoms with Gasteiger partial charge in [0.25, 0.3) is 0 Å². The van der Waals surface area contributed by atoms with Crippen molar-refractivity contribution in [2.45, 2.75) is 179 Å². The first kappa shape index (κ1) is 36.2. The third-order valence-electron chi connectivity index (χ3n) is 14.6. The molecular formula is C41H62O9. The first-order valence-corrected chi connectivity index (χ1v) is 19.9. The van der Waals surface area contributed by atoms with Crippen LogP contribution in [0.15, 0.2) is 0 Å². The van der Waals surface area contributed by atoms with Crippen LogP contribution in [0, 0.1) is 52.8 Å². The third kappa shape index (κ3) is 6.64. The number of aliphatic hydroxyl groups is 1. The predicted octanol–water partition coefficient (Wildman–Crippen LogP) is 7.24. The predicted molar refractivity (Wildman–Crippen MR) is 184 cm³/mol. The van der Waals surface area contributed by atoms with Crippen molar-refractivity contribution in [3.8, 4) is 0 Å². The fourth-order valence-electron chi connectivity index (χ4n) is 13.1. The molecule has 1 heterocycles. The first-order valence-electron chi connectivity index (χ1n) is 19.9. The minimum Gasteiger partial charge on any atom is -0.459 e. The lowest BCUT2D eigenvalue weighted by Crippen LogP contribution is -2.60. The smallest absolute Gasteiger partial charge is 0.351 e. The highest BCUT2D eigenvalue weighted by atomic mass is 16.6. The lowest BCUT2D eigenvalue weighted by molar-refractivity contribution is -0.223. The number of cyclic esters (lactones) is 1. The Kier molecular flexibility index (Phi) is 8.83. The van der Waals surface area contributed by atoms with Gasteiger partial charge in [-0.2, -0.15) is 0 Å². The molecule has 0 aromatic carbocycles. The Balaban J connectivity index is 1.08. The molecule has 8 bridgehead atoms. The molecule has 50 heavy (non-hydrogen) atoms. The normalized spacial score (nSPS) is 42.5. The summed E-state index contributed by atoms with van der Waals surface area (Å²) in [6.45, 7) is 13.0. The summed E-state index contributed by atoms with van der Waals surface area (Å²) in [5.74, 6) is -1.06. The van der Waals surface area contributed by atoms with Crippen LogP contribution in [0.2, 0.25) is 0 Å². The van der Waals surface area contributed by atoms with Gasteiger partial charge in [0.2, 0.25) is 5.60 Å². The van der Waals surface area contributed by atoms with Gasteiger partial charge in [0.05, 0.1) is 23.4 Å². The van der Waals surface area contributed by atoms with Gasteiger partial charge in [-0.3, -0.25) is 14.4 Å². The zero-order valence-electron chi connectivity index (χ0n) is 31.6.